The highest BCUT2D eigenvalue weighted by Crippen LogP contribution is 2.51. The molecule has 2 aliphatic rings. The minimum atomic E-state index is 0.451. The summed E-state index contributed by atoms with van der Waals surface area (Å²) in [6, 6.07) is 0. The summed E-state index contributed by atoms with van der Waals surface area (Å²) in [6.07, 6.45) is 7.01. The lowest BCUT2D eigenvalue weighted by molar-refractivity contribution is -0.775. The van der Waals surface area contributed by atoms with Crippen molar-refractivity contribution in [1.82, 2.24) is 0 Å². The van der Waals surface area contributed by atoms with Crippen molar-refractivity contribution in [3.63, 3.8) is 0 Å². The fraction of sp³-hybridized carbons (Fsp3) is 1.00. The second-order valence-electron chi connectivity index (χ2n) is 3.45. The molecule has 1 spiro atoms. The first kappa shape index (κ1) is 7.53. The quantitative estimate of drug-likeness (QED) is 0.341. The van der Waals surface area contributed by atoms with Gasteiger partial charge in [-0.25, -0.2) is 4.76 Å². The van der Waals surface area contributed by atoms with Crippen LogP contribution in [0.3, 0.4) is 0 Å². The van der Waals surface area contributed by atoms with Gasteiger partial charge >= 0.3 is 0 Å². The lowest BCUT2D eigenvalue weighted by Crippen LogP contribution is -1.97. The molecule has 0 bridgehead atoms. The summed E-state index contributed by atoms with van der Waals surface area (Å²) in [5, 5.41) is 0. The maximum Gasteiger partial charge on any atom is 0.263 e. The zero-order chi connectivity index (χ0) is 7.73. The standard InChI is InChI=1S/C8H16N2O/c1-2-3-4-5-6-8-10(11-8)7-9-10/h8H,2-7H2,1H3. The van der Waals surface area contributed by atoms with E-state index in [0.717, 1.165) is 6.67 Å². The first-order chi connectivity index (χ1) is 5.37. The predicted octanol–water partition coefficient (Wildman–Crippen LogP) is 2.30. The number of quaternary nitrogens is 1. The van der Waals surface area contributed by atoms with Crippen LogP contribution in [0, 0.1) is 0 Å². The zero-order valence-corrected chi connectivity index (χ0v) is 7.12. The van der Waals surface area contributed by atoms with Crippen LogP contribution in [0.15, 0.2) is 0 Å². The second kappa shape index (κ2) is 2.73. The Morgan fingerprint density at radius 2 is 2.27 bits per heavy atom. The van der Waals surface area contributed by atoms with Gasteiger partial charge in [0.2, 0.25) is 0 Å². The van der Waals surface area contributed by atoms with Gasteiger partial charge < -0.3 is 5.43 Å². The van der Waals surface area contributed by atoms with Crippen molar-refractivity contribution in [3.8, 4) is 0 Å². The molecule has 0 radical (unpaired) electrons. The van der Waals surface area contributed by atoms with Crippen molar-refractivity contribution in [2.75, 3.05) is 6.67 Å². The number of unbranched alkanes of at least 4 members (excludes halogenated alkanes) is 3. The van der Waals surface area contributed by atoms with Crippen molar-refractivity contribution in [2.45, 2.75) is 45.3 Å². The molecule has 0 aromatic rings. The van der Waals surface area contributed by atoms with Crippen molar-refractivity contribution >= 4 is 0 Å². The fourth-order valence-corrected chi connectivity index (χ4v) is 1.49. The van der Waals surface area contributed by atoms with Crippen molar-refractivity contribution < 1.29 is 9.59 Å². The normalized spacial score (nSPS) is 39.5. The highest BCUT2D eigenvalue weighted by molar-refractivity contribution is 4.78. The molecular weight excluding hydrogens is 140 g/mol. The van der Waals surface area contributed by atoms with Crippen LogP contribution in [0.5, 0.6) is 0 Å². The molecule has 2 saturated heterocycles. The van der Waals surface area contributed by atoms with Crippen LogP contribution in [0.25, 0.3) is 5.43 Å². The third kappa shape index (κ3) is 1.55. The van der Waals surface area contributed by atoms with Gasteiger partial charge in [-0.2, -0.15) is 0 Å². The molecule has 2 aliphatic heterocycles. The maximum absolute atomic E-state index is 5.37. The highest BCUT2D eigenvalue weighted by Gasteiger charge is 2.58. The third-order valence-electron chi connectivity index (χ3n) is 2.43. The lowest BCUT2D eigenvalue weighted by atomic mass is 10.1. The Labute approximate surface area is 67.8 Å². The average Bonchev–Trinajstić information content (AvgIpc) is 2.88. The highest BCUT2D eigenvalue weighted by atomic mass is 16.9. The minimum absolute atomic E-state index is 0.451. The number of hydrogen-bond acceptors (Lipinski definition) is 1. The van der Waals surface area contributed by atoms with E-state index in [2.05, 4.69) is 12.3 Å². The predicted molar refractivity (Wildman–Crippen MR) is 42.1 cm³/mol. The van der Waals surface area contributed by atoms with Crippen LogP contribution in [0.2, 0.25) is 0 Å². The molecule has 2 unspecified atom stereocenters. The van der Waals surface area contributed by atoms with E-state index in [0.29, 0.717) is 11.0 Å². The van der Waals surface area contributed by atoms with Crippen LogP contribution in [-0.2, 0) is 4.84 Å². The van der Waals surface area contributed by atoms with Gasteiger partial charge in [-0.1, -0.05) is 26.2 Å². The largest absolute Gasteiger partial charge is 0.363 e. The molecule has 0 amide bonds. The number of rotatable bonds is 5. The number of nitrogens with zero attached hydrogens (tertiary/aromatic N) is 2. The Morgan fingerprint density at radius 1 is 1.45 bits per heavy atom. The zero-order valence-electron chi connectivity index (χ0n) is 7.12. The van der Waals surface area contributed by atoms with Crippen LogP contribution < -0.4 is 0 Å². The molecule has 64 valence electrons. The van der Waals surface area contributed by atoms with Gasteiger partial charge in [-0.3, -0.25) is 0 Å². The molecule has 2 rings (SSSR count). The Balaban J connectivity index is 1.49. The molecule has 2 fully saturated rings. The summed E-state index contributed by atoms with van der Waals surface area (Å²) in [7, 11) is 0. The summed E-state index contributed by atoms with van der Waals surface area (Å²) < 4.78 is 0.659. The fourth-order valence-electron chi connectivity index (χ4n) is 1.49. The molecule has 11 heavy (non-hydrogen) atoms. The Hall–Kier alpha value is -0.120. The molecule has 0 N–H and O–H groups in total. The summed E-state index contributed by atoms with van der Waals surface area (Å²) >= 11 is 0. The van der Waals surface area contributed by atoms with Crippen molar-refractivity contribution in [3.05, 3.63) is 5.43 Å². The summed E-state index contributed by atoms with van der Waals surface area (Å²) in [5.41, 5.74) is 4.14. The first-order valence-electron chi connectivity index (χ1n) is 4.62. The van der Waals surface area contributed by atoms with E-state index < -0.39 is 0 Å². The van der Waals surface area contributed by atoms with Gasteiger partial charge in [0, 0.05) is 6.42 Å². The molecule has 0 saturated carbocycles. The summed E-state index contributed by atoms with van der Waals surface area (Å²) in [6.45, 7) is 3.15. The van der Waals surface area contributed by atoms with E-state index in [1.807, 2.05) is 0 Å². The van der Waals surface area contributed by atoms with Crippen molar-refractivity contribution in [1.29, 1.82) is 0 Å². The maximum atomic E-state index is 5.37. The SMILES string of the molecule is CCCCCCC1O[N+]12C[N-]2. The molecule has 3 nitrogen and oxygen atoms in total. The van der Waals surface area contributed by atoms with Crippen molar-refractivity contribution in [2.24, 2.45) is 0 Å². The van der Waals surface area contributed by atoms with E-state index in [1.165, 1.54) is 32.1 Å². The third-order valence-corrected chi connectivity index (χ3v) is 2.43. The number of hydroxylamine groups is 2. The van der Waals surface area contributed by atoms with Crippen LogP contribution >= 0.6 is 0 Å². The molecule has 0 aromatic carbocycles. The van der Waals surface area contributed by atoms with Gasteiger partial charge in [-0.15, -0.1) is 4.84 Å². The molecule has 0 aliphatic carbocycles. The van der Waals surface area contributed by atoms with Gasteiger partial charge in [0.05, 0.1) is 6.67 Å². The summed E-state index contributed by atoms with van der Waals surface area (Å²) in [5.74, 6) is 0. The number of hydrogen-bond donors (Lipinski definition) is 0. The van der Waals surface area contributed by atoms with E-state index in [1.54, 1.807) is 0 Å². The lowest BCUT2D eigenvalue weighted by Gasteiger charge is -1.93. The topological polar surface area (TPSA) is 26.6 Å². The van der Waals surface area contributed by atoms with E-state index in [-0.39, 0.29) is 0 Å². The van der Waals surface area contributed by atoms with E-state index >= 15 is 0 Å². The first-order valence-corrected chi connectivity index (χ1v) is 4.62. The monoisotopic (exact) mass is 156 g/mol. The van der Waals surface area contributed by atoms with Crippen LogP contribution in [-0.4, -0.2) is 17.7 Å². The van der Waals surface area contributed by atoms with Gasteiger partial charge in [-0.05, 0) is 6.42 Å². The smallest absolute Gasteiger partial charge is 0.263 e. The second-order valence-corrected chi connectivity index (χ2v) is 3.45. The molecule has 3 heteroatoms. The Kier molecular flexibility index (Phi) is 1.87. The molecule has 0 aromatic heterocycles. The molecule has 2 atom stereocenters. The van der Waals surface area contributed by atoms with Gasteiger partial charge in [0.1, 0.15) is 0 Å². The molecular formula is C8H16N2O. The Bertz CT molecular complexity index is 145. The minimum Gasteiger partial charge on any atom is -0.363 e. The van der Waals surface area contributed by atoms with Gasteiger partial charge in [0.15, 0.2) is 0 Å². The van der Waals surface area contributed by atoms with Crippen LogP contribution in [0.4, 0.5) is 0 Å². The van der Waals surface area contributed by atoms with Crippen LogP contribution in [0.1, 0.15) is 39.0 Å². The Morgan fingerprint density at radius 3 is 2.82 bits per heavy atom. The summed E-state index contributed by atoms with van der Waals surface area (Å²) in [4.78, 5) is 5.37. The van der Waals surface area contributed by atoms with E-state index in [4.69, 9.17) is 4.84 Å². The van der Waals surface area contributed by atoms with Gasteiger partial charge in [0.25, 0.3) is 6.23 Å². The molecule has 2 heterocycles. The average molecular weight is 156 g/mol. The van der Waals surface area contributed by atoms with E-state index in [9.17, 15) is 0 Å².